The van der Waals surface area contributed by atoms with Crippen molar-refractivity contribution >= 4 is 6.09 Å². The number of hydrogen-bond acceptors (Lipinski definition) is 3. The minimum absolute atomic E-state index is 0.0665. The molecule has 0 aliphatic rings. The second-order valence-corrected chi connectivity index (χ2v) is 3.38. The lowest BCUT2D eigenvalue weighted by Gasteiger charge is -2.29. The van der Waals surface area contributed by atoms with E-state index in [0.717, 1.165) is 0 Å². The molecule has 1 amide bonds. The summed E-state index contributed by atoms with van der Waals surface area (Å²) in [6, 6.07) is 0. The summed E-state index contributed by atoms with van der Waals surface area (Å²) in [7, 11) is 1.26. The Hall–Kier alpha value is -1.19. The van der Waals surface area contributed by atoms with Crippen LogP contribution >= 0.6 is 0 Å². The van der Waals surface area contributed by atoms with Gasteiger partial charge in [-0.25, -0.2) is 13.6 Å². The maximum absolute atomic E-state index is 13.1. The van der Waals surface area contributed by atoms with Crippen LogP contribution in [0.25, 0.3) is 0 Å². The summed E-state index contributed by atoms with van der Waals surface area (Å²) in [5.74, 6) is -5.33. The highest BCUT2D eigenvalue weighted by molar-refractivity contribution is 5.68. The first-order valence-corrected chi connectivity index (χ1v) is 5.10. The number of carbonyl (C=O) groups is 1. The van der Waals surface area contributed by atoms with E-state index in [2.05, 4.69) is 9.47 Å². The van der Waals surface area contributed by atoms with Crippen molar-refractivity contribution in [1.82, 2.24) is 4.90 Å². The highest BCUT2D eigenvalue weighted by Gasteiger charge is 2.67. The molecule has 1 unspecified atom stereocenters. The molecule has 0 aliphatic heterocycles. The quantitative estimate of drug-likeness (QED) is 0.707. The number of ether oxygens (including phenoxy) is 2. The van der Waals surface area contributed by atoms with Crippen molar-refractivity contribution in [2.24, 2.45) is 0 Å². The molecule has 0 aromatic heterocycles. The number of hydrogen-bond donors (Lipinski definition) is 0. The van der Waals surface area contributed by atoms with E-state index in [0.29, 0.717) is 4.90 Å². The van der Waals surface area contributed by atoms with Gasteiger partial charge in [-0.1, -0.05) is 0 Å². The van der Waals surface area contributed by atoms with Crippen molar-refractivity contribution in [2.45, 2.75) is 25.4 Å². The Kier molecular flexibility index (Phi) is 6.40. The third-order valence-corrected chi connectivity index (χ3v) is 2.11. The van der Waals surface area contributed by atoms with Crippen molar-refractivity contribution < 1.29 is 40.6 Å². The average Bonchev–Trinajstić information content (AvgIpc) is 2.28. The molecule has 0 aliphatic carbocycles. The van der Waals surface area contributed by atoms with Gasteiger partial charge in [-0.05, 0) is 6.92 Å². The number of rotatable bonds is 6. The van der Waals surface area contributed by atoms with E-state index in [-0.39, 0.29) is 19.7 Å². The van der Waals surface area contributed by atoms with E-state index in [4.69, 9.17) is 0 Å². The molecule has 0 N–H and O–H groups in total. The molecule has 114 valence electrons. The molecular weight excluding hydrogens is 284 g/mol. The number of nitrogens with zero attached hydrogens (tertiary/aromatic N) is 1. The second-order valence-electron chi connectivity index (χ2n) is 3.38. The molecule has 10 heteroatoms. The topological polar surface area (TPSA) is 38.8 Å². The van der Waals surface area contributed by atoms with Gasteiger partial charge in [0, 0.05) is 20.2 Å². The summed E-state index contributed by atoms with van der Waals surface area (Å²) in [4.78, 5) is 11.8. The second kappa shape index (κ2) is 6.83. The molecule has 0 heterocycles. The number of methoxy groups -OCH3 is 1. The molecule has 0 aromatic rings. The molecule has 0 saturated carbocycles. The Balaban J connectivity index is 4.90. The van der Waals surface area contributed by atoms with Gasteiger partial charge in [-0.2, -0.15) is 17.6 Å². The lowest BCUT2D eigenvalue weighted by atomic mass is 10.3. The van der Waals surface area contributed by atoms with Gasteiger partial charge >= 0.3 is 24.5 Å². The van der Waals surface area contributed by atoms with Gasteiger partial charge in [0.1, 0.15) is 0 Å². The summed E-state index contributed by atoms with van der Waals surface area (Å²) >= 11 is 0. The molecule has 0 saturated heterocycles. The number of halogens is 6. The summed E-state index contributed by atoms with van der Waals surface area (Å²) in [5, 5.41) is 0. The van der Waals surface area contributed by atoms with Gasteiger partial charge in [0.2, 0.25) is 0 Å². The van der Waals surface area contributed by atoms with Crippen LogP contribution in [0.4, 0.5) is 31.1 Å². The van der Waals surface area contributed by atoms with Crippen molar-refractivity contribution in [2.75, 3.05) is 26.8 Å². The van der Waals surface area contributed by atoms with Crippen LogP contribution in [-0.2, 0) is 9.47 Å². The van der Waals surface area contributed by atoms with Crippen LogP contribution in [0.1, 0.15) is 6.92 Å². The molecule has 0 fully saturated rings. The summed E-state index contributed by atoms with van der Waals surface area (Å²) in [5.41, 5.74) is 0. The number of amides is 1. The van der Waals surface area contributed by atoms with Crippen LogP contribution in [0.3, 0.4) is 0 Å². The fraction of sp³-hybridized carbons (Fsp3) is 0.889. The standard InChI is InChI=1S/C9H13F6NO3/c1-3-16(4-5-18-2)7(17)19-8(12,6(10)11)9(13,14)15/h6H,3-5H2,1-2H3. The average molecular weight is 297 g/mol. The Morgan fingerprint density at radius 2 is 1.79 bits per heavy atom. The number of likely N-dealkylation sites (N-methyl/N-ethyl adjacent to an activating group) is 1. The first kappa shape index (κ1) is 17.8. The van der Waals surface area contributed by atoms with Crippen molar-refractivity contribution in [1.29, 1.82) is 0 Å². The van der Waals surface area contributed by atoms with E-state index >= 15 is 0 Å². The van der Waals surface area contributed by atoms with E-state index in [1.807, 2.05) is 0 Å². The summed E-state index contributed by atoms with van der Waals surface area (Å²) < 4.78 is 81.7. The van der Waals surface area contributed by atoms with Crippen molar-refractivity contribution in [3.05, 3.63) is 0 Å². The largest absolute Gasteiger partial charge is 0.466 e. The SMILES string of the molecule is CCN(CCOC)C(=O)OC(F)(C(F)F)C(F)(F)F. The van der Waals surface area contributed by atoms with Gasteiger partial charge in [0.15, 0.2) is 0 Å². The zero-order chi connectivity index (χ0) is 15.3. The molecule has 0 aromatic carbocycles. The van der Waals surface area contributed by atoms with Gasteiger partial charge in [-0.15, -0.1) is 0 Å². The minimum Gasteiger partial charge on any atom is -0.398 e. The monoisotopic (exact) mass is 297 g/mol. The van der Waals surface area contributed by atoms with E-state index < -0.39 is 24.5 Å². The third kappa shape index (κ3) is 4.44. The first-order valence-electron chi connectivity index (χ1n) is 5.10. The predicted molar refractivity (Wildman–Crippen MR) is 51.5 cm³/mol. The molecule has 0 rings (SSSR count). The molecule has 0 spiro atoms. The molecule has 19 heavy (non-hydrogen) atoms. The predicted octanol–water partition coefficient (Wildman–Crippen LogP) is 2.58. The normalized spacial score (nSPS) is 15.2. The highest BCUT2D eigenvalue weighted by Crippen LogP contribution is 2.40. The lowest BCUT2D eigenvalue weighted by molar-refractivity contribution is -0.351. The maximum atomic E-state index is 13.1. The van der Waals surface area contributed by atoms with Gasteiger partial charge in [-0.3, -0.25) is 0 Å². The lowest BCUT2D eigenvalue weighted by Crippen LogP contribution is -2.53. The summed E-state index contributed by atoms with van der Waals surface area (Å²) in [6.45, 7) is 0.915. The van der Waals surface area contributed by atoms with Gasteiger partial charge in [0.05, 0.1) is 6.61 Å². The number of carbonyl (C=O) groups excluding carboxylic acids is 1. The van der Waals surface area contributed by atoms with Gasteiger partial charge < -0.3 is 14.4 Å². The highest BCUT2D eigenvalue weighted by atomic mass is 19.4. The molecule has 0 bridgehead atoms. The molecule has 0 radical (unpaired) electrons. The van der Waals surface area contributed by atoms with Crippen LogP contribution in [0.15, 0.2) is 0 Å². The van der Waals surface area contributed by atoms with Crippen molar-refractivity contribution in [3.63, 3.8) is 0 Å². The Morgan fingerprint density at radius 3 is 2.11 bits per heavy atom. The van der Waals surface area contributed by atoms with E-state index in [1.165, 1.54) is 14.0 Å². The molecule has 4 nitrogen and oxygen atoms in total. The first-order chi connectivity index (χ1) is 8.60. The molecular formula is C9H13F6NO3. The van der Waals surface area contributed by atoms with E-state index in [1.54, 1.807) is 0 Å². The van der Waals surface area contributed by atoms with Crippen LogP contribution in [0.5, 0.6) is 0 Å². The Labute approximate surface area is 105 Å². The Morgan fingerprint density at radius 1 is 1.26 bits per heavy atom. The summed E-state index contributed by atoms with van der Waals surface area (Å²) in [6.07, 6.45) is -12.4. The minimum atomic E-state index is -6.03. The zero-order valence-electron chi connectivity index (χ0n) is 10.1. The van der Waals surface area contributed by atoms with E-state index in [9.17, 15) is 31.1 Å². The van der Waals surface area contributed by atoms with Gasteiger partial charge in [0.25, 0.3) is 0 Å². The smallest absolute Gasteiger partial charge is 0.398 e. The third-order valence-electron chi connectivity index (χ3n) is 2.11. The Bertz CT molecular complexity index is 298. The fourth-order valence-corrected chi connectivity index (χ4v) is 0.998. The van der Waals surface area contributed by atoms with Crippen LogP contribution < -0.4 is 0 Å². The van der Waals surface area contributed by atoms with Crippen LogP contribution in [0.2, 0.25) is 0 Å². The zero-order valence-corrected chi connectivity index (χ0v) is 10.1. The van der Waals surface area contributed by atoms with Crippen LogP contribution in [0, 0.1) is 0 Å². The van der Waals surface area contributed by atoms with Crippen molar-refractivity contribution in [3.8, 4) is 0 Å². The molecule has 1 atom stereocenters. The fourth-order valence-electron chi connectivity index (χ4n) is 0.998. The number of alkyl halides is 6. The maximum Gasteiger partial charge on any atom is 0.466 e. The van der Waals surface area contributed by atoms with Crippen LogP contribution in [-0.4, -0.2) is 56.3 Å².